The second-order valence-electron chi connectivity index (χ2n) is 4.67. The summed E-state index contributed by atoms with van der Waals surface area (Å²) in [7, 11) is 0. The van der Waals surface area contributed by atoms with Crippen molar-refractivity contribution < 1.29 is 14.0 Å². The summed E-state index contributed by atoms with van der Waals surface area (Å²) >= 11 is 0. The van der Waals surface area contributed by atoms with Gasteiger partial charge in [0.05, 0.1) is 5.92 Å². The van der Waals surface area contributed by atoms with Gasteiger partial charge in [0.15, 0.2) is 0 Å². The third-order valence-electron chi connectivity index (χ3n) is 3.32. The normalized spacial score (nSPS) is 18.3. The molecular weight excluding hydrogens is 249 g/mol. The minimum atomic E-state index is -0.725. The molecule has 102 valence electrons. The molecule has 1 aliphatic rings. The van der Waals surface area contributed by atoms with Crippen LogP contribution in [0.15, 0.2) is 12.1 Å². The van der Waals surface area contributed by atoms with Crippen LogP contribution in [0.1, 0.15) is 22.3 Å². The monoisotopic (exact) mass is 265 g/mol. The van der Waals surface area contributed by atoms with Gasteiger partial charge >= 0.3 is 0 Å². The molecule has 0 saturated carbocycles. The van der Waals surface area contributed by atoms with E-state index in [2.05, 4.69) is 10.6 Å². The van der Waals surface area contributed by atoms with E-state index in [4.69, 9.17) is 5.73 Å². The molecule has 0 spiro atoms. The van der Waals surface area contributed by atoms with Crippen LogP contribution in [0.25, 0.3) is 0 Å². The number of rotatable bonds is 3. The Bertz CT molecular complexity index is 525. The summed E-state index contributed by atoms with van der Waals surface area (Å²) in [6.07, 6.45) is 0.753. The number of carbonyl (C=O) groups is 2. The molecule has 1 heterocycles. The fraction of sp³-hybridized carbons (Fsp3) is 0.385. The van der Waals surface area contributed by atoms with Gasteiger partial charge in [-0.05, 0) is 32.0 Å². The zero-order valence-corrected chi connectivity index (χ0v) is 10.6. The Kier molecular flexibility index (Phi) is 3.80. The van der Waals surface area contributed by atoms with E-state index >= 15 is 0 Å². The molecule has 0 radical (unpaired) electrons. The zero-order valence-electron chi connectivity index (χ0n) is 10.6. The van der Waals surface area contributed by atoms with E-state index in [0.29, 0.717) is 17.8 Å². The van der Waals surface area contributed by atoms with E-state index in [1.165, 1.54) is 6.07 Å². The first-order valence-electron chi connectivity index (χ1n) is 6.10. The van der Waals surface area contributed by atoms with Gasteiger partial charge in [-0.15, -0.1) is 0 Å². The average Bonchev–Trinajstić information content (AvgIpc) is 2.88. The molecule has 5 nitrogen and oxygen atoms in total. The van der Waals surface area contributed by atoms with E-state index in [1.807, 2.05) is 0 Å². The highest BCUT2D eigenvalue weighted by Crippen LogP contribution is 2.22. The number of carbonyl (C=O) groups excluding carboxylic acids is 2. The molecule has 2 amide bonds. The number of primary amides is 1. The minimum Gasteiger partial charge on any atom is -0.366 e. The first-order valence-corrected chi connectivity index (χ1v) is 6.10. The highest BCUT2D eigenvalue weighted by atomic mass is 19.1. The van der Waals surface area contributed by atoms with Crippen LogP contribution < -0.4 is 16.4 Å². The number of hydrogen-bond donors (Lipinski definition) is 3. The van der Waals surface area contributed by atoms with Gasteiger partial charge in [-0.25, -0.2) is 4.39 Å². The maximum Gasteiger partial charge on any atom is 0.248 e. The van der Waals surface area contributed by atoms with E-state index in [0.717, 1.165) is 19.0 Å². The summed E-state index contributed by atoms with van der Waals surface area (Å²) in [6.45, 7) is 2.96. The molecule has 1 atom stereocenters. The predicted octanol–water partition coefficient (Wildman–Crippen LogP) is 0.781. The molecular formula is C13H16FN3O2. The lowest BCUT2D eigenvalue weighted by Gasteiger charge is -2.13. The van der Waals surface area contributed by atoms with Crippen LogP contribution in [-0.4, -0.2) is 24.9 Å². The summed E-state index contributed by atoms with van der Waals surface area (Å²) < 4.78 is 13.7. The van der Waals surface area contributed by atoms with Crippen molar-refractivity contribution in [2.75, 3.05) is 18.4 Å². The fourth-order valence-corrected chi connectivity index (χ4v) is 2.06. The first-order chi connectivity index (χ1) is 8.99. The maximum atomic E-state index is 13.7. The first kappa shape index (κ1) is 13.5. The third kappa shape index (κ3) is 2.90. The Hall–Kier alpha value is -1.95. The number of anilines is 1. The molecule has 1 saturated heterocycles. The number of amides is 2. The van der Waals surface area contributed by atoms with Crippen molar-refractivity contribution in [3.63, 3.8) is 0 Å². The minimum absolute atomic E-state index is 0.0444. The van der Waals surface area contributed by atoms with Crippen LogP contribution in [0.3, 0.4) is 0 Å². The summed E-state index contributed by atoms with van der Waals surface area (Å²) in [5, 5.41) is 5.75. The lowest BCUT2D eigenvalue weighted by Crippen LogP contribution is -2.25. The Morgan fingerprint density at radius 3 is 2.79 bits per heavy atom. The van der Waals surface area contributed by atoms with Crippen molar-refractivity contribution in [3.05, 3.63) is 29.1 Å². The fourth-order valence-electron chi connectivity index (χ4n) is 2.06. The molecule has 1 aromatic rings. The molecule has 4 N–H and O–H groups in total. The Morgan fingerprint density at radius 1 is 1.47 bits per heavy atom. The van der Waals surface area contributed by atoms with Crippen molar-refractivity contribution >= 4 is 17.5 Å². The van der Waals surface area contributed by atoms with Gasteiger partial charge in [-0.2, -0.15) is 0 Å². The molecule has 1 aliphatic heterocycles. The van der Waals surface area contributed by atoms with Gasteiger partial charge in [0, 0.05) is 23.4 Å². The second kappa shape index (κ2) is 5.36. The summed E-state index contributed by atoms with van der Waals surface area (Å²) in [6, 6.07) is 2.48. The summed E-state index contributed by atoms with van der Waals surface area (Å²) in [5.41, 5.74) is 5.76. The van der Waals surface area contributed by atoms with Gasteiger partial charge in [0.25, 0.3) is 0 Å². The number of benzene rings is 1. The van der Waals surface area contributed by atoms with Crippen LogP contribution >= 0.6 is 0 Å². The largest absolute Gasteiger partial charge is 0.366 e. The molecule has 1 aromatic carbocycles. The van der Waals surface area contributed by atoms with E-state index < -0.39 is 11.7 Å². The van der Waals surface area contributed by atoms with E-state index in [1.54, 1.807) is 6.92 Å². The van der Waals surface area contributed by atoms with Crippen molar-refractivity contribution in [2.45, 2.75) is 13.3 Å². The predicted molar refractivity (Wildman–Crippen MR) is 69.3 cm³/mol. The van der Waals surface area contributed by atoms with Crippen molar-refractivity contribution in [1.29, 1.82) is 0 Å². The van der Waals surface area contributed by atoms with Gasteiger partial charge in [-0.3, -0.25) is 9.59 Å². The summed E-state index contributed by atoms with van der Waals surface area (Å²) in [4.78, 5) is 23.1. The maximum absolute atomic E-state index is 13.7. The second-order valence-corrected chi connectivity index (χ2v) is 4.67. The molecule has 1 unspecified atom stereocenters. The zero-order chi connectivity index (χ0) is 14.0. The molecule has 0 bridgehead atoms. The molecule has 19 heavy (non-hydrogen) atoms. The lowest BCUT2D eigenvalue weighted by atomic mass is 10.1. The number of hydrogen-bond acceptors (Lipinski definition) is 3. The third-order valence-corrected chi connectivity index (χ3v) is 3.32. The molecule has 0 aromatic heterocycles. The Morgan fingerprint density at radius 2 is 2.21 bits per heavy atom. The quantitative estimate of drug-likeness (QED) is 0.755. The Labute approximate surface area is 110 Å². The van der Waals surface area contributed by atoms with Gasteiger partial charge in [-0.1, -0.05) is 0 Å². The highest BCUT2D eigenvalue weighted by Gasteiger charge is 2.23. The summed E-state index contributed by atoms with van der Waals surface area (Å²) in [5.74, 6) is -1.58. The van der Waals surface area contributed by atoms with Crippen LogP contribution in [0, 0.1) is 18.7 Å². The SMILES string of the molecule is Cc1c(F)cc(C(N)=O)cc1NC(=O)C1CCNC1. The van der Waals surface area contributed by atoms with Crippen LogP contribution in [0.2, 0.25) is 0 Å². The van der Waals surface area contributed by atoms with Crippen LogP contribution in [0.4, 0.5) is 10.1 Å². The lowest BCUT2D eigenvalue weighted by molar-refractivity contribution is -0.119. The number of halogens is 1. The van der Waals surface area contributed by atoms with Gasteiger partial charge in [0.2, 0.25) is 11.8 Å². The van der Waals surface area contributed by atoms with Crippen molar-refractivity contribution in [3.8, 4) is 0 Å². The Balaban J connectivity index is 2.23. The molecule has 2 rings (SSSR count). The molecule has 6 heteroatoms. The van der Waals surface area contributed by atoms with E-state index in [9.17, 15) is 14.0 Å². The standard InChI is InChI=1S/C13H16FN3O2/c1-7-10(14)4-9(12(15)18)5-11(7)17-13(19)8-2-3-16-6-8/h4-5,8,16H,2-3,6H2,1H3,(H2,15,18)(H,17,19). The van der Waals surface area contributed by atoms with Crippen molar-refractivity contribution in [2.24, 2.45) is 11.7 Å². The van der Waals surface area contributed by atoms with Gasteiger partial charge < -0.3 is 16.4 Å². The van der Waals surface area contributed by atoms with Gasteiger partial charge in [0.1, 0.15) is 5.82 Å². The van der Waals surface area contributed by atoms with Crippen LogP contribution in [-0.2, 0) is 4.79 Å². The van der Waals surface area contributed by atoms with Crippen molar-refractivity contribution in [1.82, 2.24) is 5.32 Å². The highest BCUT2D eigenvalue weighted by molar-refractivity contribution is 5.97. The van der Waals surface area contributed by atoms with Crippen LogP contribution in [0.5, 0.6) is 0 Å². The number of nitrogens with one attached hydrogen (secondary N) is 2. The smallest absolute Gasteiger partial charge is 0.248 e. The topological polar surface area (TPSA) is 84.2 Å². The molecule has 1 fully saturated rings. The number of nitrogens with two attached hydrogens (primary N) is 1. The average molecular weight is 265 g/mol. The van der Waals surface area contributed by atoms with E-state index in [-0.39, 0.29) is 17.4 Å². The molecule has 0 aliphatic carbocycles.